The van der Waals surface area contributed by atoms with E-state index in [2.05, 4.69) is 64.4 Å². The third kappa shape index (κ3) is 2.76. The lowest BCUT2D eigenvalue weighted by molar-refractivity contribution is 0.204. The second kappa shape index (κ2) is 6.13. The predicted molar refractivity (Wildman–Crippen MR) is 92.2 cm³/mol. The minimum atomic E-state index is 0.700. The zero-order valence-electron chi connectivity index (χ0n) is 13.1. The van der Waals surface area contributed by atoms with Crippen molar-refractivity contribution in [3.8, 4) is 0 Å². The van der Waals surface area contributed by atoms with Crippen LogP contribution in [-0.2, 0) is 13.0 Å². The van der Waals surface area contributed by atoms with E-state index in [1.54, 1.807) is 5.56 Å². The molecule has 2 aliphatic heterocycles. The molecule has 0 saturated carbocycles. The summed E-state index contributed by atoms with van der Waals surface area (Å²) in [5, 5.41) is 0. The fourth-order valence-corrected chi connectivity index (χ4v) is 3.95. The molecule has 22 heavy (non-hydrogen) atoms. The van der Waals surface area contributed by atoms with Gasteiger partial charge in [0.2, 0.25) is 0 Å². The van der Waals surface area contributed by atoms with E-state index in [0.29, 0.717) is 6.04 Å². The number of fused-ring (bicyclic) bond motifs is 1. The molecule has 2 aromatic rings. The minimum absolute atomic E-state index is 0.700. The van der Waals surface area contributed by atoms with Crippen LogP contribution < -0.4 is 4.90 Å². The third-order valence-electron chi connectivity index (χ3n) is 5.18. The zero-order valence-corrected chi connectivity index (χ0v) is 13.1. The van der Waals surface area contributed by atoms with E-state index in [4.69, 9.17) is 0 Å². The fourth-order valence-electron chi connectivity index (χ4n) is 3.95. The molecule has 0 amide bonds. The van der Waals surface area contributed by atoms with E-state index in [1.165, 1.54) is 50.1 Å². The van der Waals surface area contributed by atoms with E-state index in [0.717, 1.165) is 6.54 Å². The Morgan fingerprint density at radius 2 is 1.59 bits per heavy atom. The molecule has 1 saturated heterocycles. The SMILES string of the molecule is c1ccc(N2CCC(N3CCCc4ccccc4C3)C2)cc1. The summed E-state index contributed by atoms with van der Waals surface area (Å²) in [6.07, 6.45) is 3.82. The van der Waals surface area contributed by atoms with Crippen LogP contribution >= 0.6 is 0 Å². The van der Waals surface area contributed by atoms with Crippen LogP contribution in [0.2, 0.25) is 0 Å². The van der Waals surface area contributed by atoms with Crippen molar-refractivity contribution in [2.45, 2.75) is 31.8 Å². The van der Waals surface area contributed by atoms with Crippen LogP contribution in [0.5, 0.6) is 0 Å². The van der Waals surface area contributed by atoms with Crippen LogP contribution in [0.25, 0.3) is 0 Å². The Balaban J connectivity index is 1.47. The highest BCUT2D eigenvalue weighted by Crippen LogP contribution is 2.26. The molecule has 2 aliphatic rings. The molecule has 0 aliphatic carbocycles. The maximum absolute atomic E-state index is 2.72. The Labute approximate surface area is 133 Å². The highest BCUT2D eigenvalue weighted by Gasteiger charge is 2.28. The molecule has 0 bridgehead atoms. The van der Waals surface area contributed by atoms with Gasteiger partial charge in [0.1, 0.15) is 0 Å². The molecule has 2 heterocycles. The van der Waals surface area contributed by atoms with Crippen molar-refractivity contribution in [1.29, 1.82) is 0 Å². The molecule has 0 radical (unpaired) electrons. The van der Waals surface area contributed by atoms with Gasteiger partial charge in [-0.15, -0.1) is 0 Å². The minimum Gasteiger partial charge on any atom is -0.370 e. The van der Waals surface area contributed by atoms with E-state index in [1.807, 2.05) is 0 Å². The number of aryl methyl sites for hydroxylation is 1. The lowest BCUT2D eigenvalue weighted by Crippen LogP contribution is -2.37. The Morgan fingerprint density at radius 3 is 2.45 bits per heavy atom. The molecule has 2 aromatic carbocycles. The fraction of sp³-hybridized carbons (Fsp3) is 0.400. The molecular formula is C20H24N2. The van der Waals surface area contributed by atoms with Crippen LogP contribution in [-0.4, -0.2) is 30.6 Å². The first-order chi connectivity index (χ1) is 10.9. The number of benzene rings is 2. The summed E-state index contributed by atoms with van der Waals surface area (Å²) in [7, 11) is 0. The van der Waals surface area contributed by atoms with Gasteiger partial charge in [-0.05, 0) is 49.1 Å². The number of hydrogen-bond donors (Lipinski definition) is 0. The van der Waals surface area contributed by atoms with Gasteiger partial charge >= 0.3 is 0 Å². The number of anilines is 1. The highest BCUT2D eigenvalue weighted by atomic mass is 15.3. The molecule has 2 heteroatoms. The summed E-state index contributed by atoms with van der Waals surface area (Å²) in [6.45, 7) is 4.73. The van der Waals surface area contributed by atoms with Crippen LogP contribution in [0.4, 0.5) is 5.69 Å². The molecule has 4 rings (SSSR count). The molecule has 1 unspecified atom stereocenters. The smallest absolute Gasteiger partial charge is 0.0366 e. The molecular weight excluding hydrogens is 268 g/mol. The van der Waals surface area contributed by atoms with Gasteiger partial charge in [-0.3, -0.25) is 4.90 Å². The Bertz CT molecular complexity index is 623. The highest BCUT2D eigenvalue weighted by molar-refractivity contribution is 5.47. The lowest BCUT2D eigenvalue weighted by Gasteiger charge is -2.28. The van der Waals surface area contributed by atoms with Crippen molar-refractivity contribution in [2.75, 3.05) is 24.5 Å². The Kier molecular flexibility index (Phi) is 3.86. The van der Waals surface area contributed by atoms with Crippen molar-refractivity contribution >= 4 is 5.69 Å². The van der Waals surface area contributed by atoms with Crippen LogP contribution in [0.15, 0.2) is 54.6 Å². The quantitative estimate of drug-likeness (QED) is 0.832. The summed E-state index contributed by atoms with van der Waals surface area (Å²) in [4.78, 5) is 5.26. The van der Waals surface area contributed by atoms with E-state index < -0.39 is 0 Å². The molecule has 1 atom stereocenters. The van der Waals surface area contributed by atoms with Gasteiger partial charge in [-0.25, -0.2) is 0 Å². The summed E-state index contributed by atoms with van der Waals surface area (Å²) in [6, 6.07) is 20.6. The van der Waals surface area contributed by atoms with Crippen LogP contribution in [0.1, 0.15) is 24.0 Å². The van der Waals surface area contributed by atoms with Gasteiger partial charge in [0.05, 0.1) is 0 Å². The Morgan fingerprint density at radius 1 is 0.818 bits per heavy atom. The number of rotatable bonds is 2. The summed E-state index contributed by atoms with van der Waals surface area (Å²) < 4.78 is 0. The van der Waals surface area contributed by atoms with Gasteiger partial charge < -0.3 is 4.90 Å². The van der Waals surface area contributed by atoms with E-state index in [-0.39, 0.29) is 0 Å². The maximum Gasteiger partial charge on any atom is 0.0366 e. The largest absolute Gasteiger partial charge is 0.370 e. The number of nitrogens with zero attached hydrogens (tertiary/aromatic N) is 2. The van der Waals surface area contributed by atoms with Crippen LogP contribution in [0, 0.1) is 0 Å². The van der Waals surface area contributed by atoms with Gasteiger partial charge in [0.25, 0.3) is 0 Å². The predicted octanol–water partition coefficient (Wildman–Crippen LogP) is 3.71. The van der Waals surface area contributed by atoms with Crippen molar-refractivity contribution in [1.82, 2.24) is 4.90 Å². The maximum atomic E-state index is 2.72. The summed E-state index contributed by atoms with van der Waals surface area (Å²) in [5.74, 6) is 0. The molecule has 1 fully saturated rings. The van der Waals surface area contributed by atoms with E-state index >= 15 is 0 Å². The second-order valence-corrected chi connectivity index (χ2v) is 6.57. The second-order valence-electron chi connectivity index (χ2n) is 6.57. The van der Waals surface area contributed by atoms with Crippen molar-refractivity contribution in [2.24, 2.45) is 0 Å². The lowest BCUT2D eigenvalue weighted by atomic mass is 10.0. The first-order valence-corrected chi connectivity index (χ1v) is 8.51. The first kappa shape index (κ1) is 13.8. The first-order valence-electron chi connectivity index (χ1n) is 8.51. The summed E-state index contributed by atoms with van der Waals surface area (Å²) in [5.41, 5.74) is 4.47. The monoisotopic (exact) mass is 292 g/mol. The summed E-state index contributed by atoms with van der Waals surface area (Å²) >= 11 is 0. The van der Waals surface area contributed by atoms with Gasteiger partial charge in [-0.2, -0.15) is 0 Å². The average Bonchev–Trinajstić information content (AvgIpc) is 2.96. The molecule has 0 N–H and O–H groups in total. The molecule has 114 valence electrons. The normalized spacial score (nSPS) is 22.4. The number of para-hydroxylation sites is 1. The molecule has 0 spiro atoms. The zero-order chi connectivity index (χ0) is 14.8. The topological polar surface area (TPSA) is 6.48 Å². The van der Waals surface area contributed by atoms with Gasteiger partial charge in [0.15, 0.2) is 0 Å². The standard InChI is InChI=1S/C20H24N2/c1-2-10-19(11-3-1)22-14-12-20(16-22)21-13-6-9-17-7-4-5-8-18(17)15-21/h1-5,7-8,10-11,20H,6,9,12-16H2. The average molecular weight is 292 g/mol. The van der Waals surface area contributed by atoms with E-state index in [9.17, 15) is 0 Å². The van der Waals surface area contributed by atoms with Crippen molar-refractivity contribution in [3.05, 3.63) is 65.7 Å². The molecule has 0 aromatic heterocycles. The van der Waals surface area contributed by atoms with Crippen molar-refractivity contribution in [3.63, 3.8) is 0 Å². The molecule has 2 nitrogen and oxygen atoms in total. The van der Waals surface area contributed by atoms with Gasteiger partial charge in [0, 0.05) is 31.4 Å². The van der Waals surface area contributed by atoms with Crippen LogP contribution in [0.3, 0.4) is 0 Å². The Hall–Kier alpha value is -1.80. The van der Waals surface area contributed by atoms with Crippen molar-refractivity contribution < 1.29 is 0 Å². The third-order valence-corrected chi connectivity index (χ3v) is 5.18. The number of hydrogen-bond acceptors (Lipinski definition) is 2. The van der Waals surface area contributed by atoms with Gasteiger partial charge in [-0.1, -0.05) is 42.5 Å².